The van der Waals surface area contributed by atoms with Gasteiger partial charge in [-0.1, -0.05) is 23.2 Å². The first-order chi connectivity index (χ1) is 13.2. The molecule has 0 saturated carbocycles. The highest BCUT2D eigenvalue weighted by Crippen LogP contribution is 2.34. The number of carbonyl (C=O) groups excluding carboxylic acids is 1. The molecule has 0 fully saturated rings. The highest BCUT2D eigenvalue weighted by Gasteiger charge is 2.16. The molecule has 1 amide bonds. The summed E-state index contributed by atoms with van der Waals surface area (Å²) >= 11 is 11.8. The molecule has 0 spiro atoms. The lowest BCUT2D eigenvalue weighted by Crippen LogP contribution is -2.29. The van der Waals surface area contributed by atoms with Gasteiger partial charge < -0.3 is 4.74 Å². The van der Waals surface area contributed by atoms with Crippen LogP contribution in [0.5, 0.6) is 11.5 Å². The van der Waals surface area contributed by atoms with Crippen molar-refractivity contribution in [2.45, 2.75) is 0 Å². The second-order valence-electron chi connectivity index (χ2n) is 5.83. The van der Waals surface area contributed by atoms with Gasteiger partial charge in [0, 0.05) is 22.3 Å². The van der Waals surface area contributed by atoms with E-state index in [1.54, 1.807) is 42.5 Å². The number of benzene rings is 2. The number of halogens is 2. The van der Waals surface area contributed by atoms with E-state index >= 15 is 0 Å². The van der Waals surface area contributed by atoms with Crippen molar-refractivity contribution in [3.63, 3.8) is 0 Å². The van der Waals surface area contributed by atoms with Crippen LogP contribution in [0.4, 0.5) is 0 Å². The summed E-state index contributed by atoms with van der Waals surface area (Å²) in [5.41, 5.74) is 1.13. The molecule has 1 N–H and O–H groups in total. The van der Waals surface area contributed by atoms with Gasteiger partial charge in [0.25, 0.3) is 5.91 Å². The molecule has 0 radical (unpaired) electrons. The van der Waals surface area contributed by atoms with Crippen LogP contribution in [0.15, 0.2) is 60.8 Å². The Morgan fingerprint density at radius 1 is 1.00 bits per heavy atom. The third-order valence-electron chi connectivity index (χ3n) is 3.56. The van der Waals surface area contributed by atoms with Crippen molar-refractivity contribution in [1.29, 1.82) is 0 Å². The molecule has 0 saturated heterocycles. The van der Waals surface area contributed by atoms with E-state index < -0.39 is 15.9 Å². The summed E-state index contributed by atoms with van der Waals surface area (Å²) < 4.78 is 30.5. The summed E-state index contributed by atoms with van der Waals surface area (Å²) in [6.45, 7) is 0. The van der Waals surface area contributed by atoms with Gasteiger partial charge in [-0.15, -0.1) is 0 Å². The summed E-state index contributed by atoms with van der Waals surface area (Å²) in [6, 6.07) is 14.6. The van der Waals surface area contributed by atoms with Crippen LogP contribution in [0.1, 0.15) is 10.4 Å². The zero-order valence-electron chi connectivity index (χ0n) is 14.5. The predicted molar refractivity (Wildman–Crippen MR) is 109 cm³/mol. The van der Waals surface area contributed by atoms with Crippen LogP contribution in [0.3, 0.4) is 0 Å². The van der Waals surface area contributed by atoms with Crippen LogP contribution in [-0.4, -0.2) is 25.6 Å². The van der Waals surface area contributed by atoms with E-state index in [1.807, 2.05) is 4.72 Å². The van der Waals surface area contributed by atoms with E-state index in [9.17, 15) is 13.2 Å². The zero-order valence-corrected chi connectivity index (χ0v) is 16.8. The van der Waals surface area contributed by atoms with Gasteiger partial charge in [-0.05, 0) is 54.6 Å². The minimum atomic E-state index is -3.69. The van der Waals surface area contributed by atoms with Crippen molar-refractivity contribution in [3.8, 4) is 22.8 Å². The Morgan fingerprint density at radius 2 is 1.68 bits per heavy atom. The molecular weight excluding hydrogens is 423 g/mol. The second kappa shape index (κ2) is 8.18. The monoisotopic (exact) mass is 436 g/mol. The van der Waals surface area contributed by atoms with E-state index in [1.165, 1.54) is 18.3 Å². The molecule has 0 aliphatic heterocycles. The van der Waals surface area contributed by atoms with E-state index in [2.05, 4.69) is 4.98 Å². The number of rotatable bonds is 5. The summed E-state index contributed by atoms with van der Waals surface area (Å²) in [5.74, 6) is 0.205. The summed E-state index contributed by atoms with van der Waals surface area (Å²) in [6.07, 6.45) is 2.37. The number of hydrogen-bond donors (Lipinski definition) is 1. The van der Waals surface area contributed by atoms with Gasteiger partial charge in [0.1, 0.15) is 11.5 Å². The number of aromatic nitrogens is 1. The first-order valence-corrected chi connectivity index (χ1v) is 10.6. The Hall–Kier alpha value is -2.61. The number of sulfonamides is 1. The first-order valence-electron chi connectivity index (χ1n) is 7.93. The summed E-state index contributed by atoms with van der Waals surface area (Å²) in [7, 11) is -3.69. The SMILES string of the molecule is CS(=O)(=O)NC(=O)c1ccc(Oc2ccc(Cl)cc2)c(-c2ccc(Cl)cn2)c1. The lowest BCUT2D eigenvalue weighted by Gasteiger charge is -2.13. The van der Waals surface area contributed by atoms with Crippen molar-refractivity contribution >= 4 is 39.1 Å². The molecule has 0 aliphatic rings. The summed E-state index contributed by atoms with van der Waals surface area (Å²) in [5, 5.41) is 1.02. The van der Waals surface area contributed by atoms with Crippen LogP contribution < -0.4 is 9.46 Å². The highest BCUT2D eigenvalue weighted by atomic mass is 35.5. The van der Waals surface area contributed by atoms with Crippen molar-refractivity contribution in [1.82, 2.24) is 9.71 Å². The lowest BCUT2D eigenvalue weighted by molar-refractivity contribution is 0.0981. The van der Waals surface area contributed by atoms with Gasteiger partial charge in [-0.2, -0.15) is 0 Å². The third-order valence-corrected chi connectivity index (χ3v) is 4.60. The number of nitrogens with one attached hydrogen (secondary N) is 1. The van der Waals surface area contributed by atoms with Gasteiger partial charge in [-0.25, -0.2) is 13.1 Å². The maximum absolute atomic E-state index is 12.2. The van der Waals surface area contributed by atoms with Gasteiger partial charge in [-0.3, -0.25) is 9.78 Å². The molecular formula is C19H14Cl2N2O4S. The van der Waals surface area contributed by atoms with Crippen LogP contribution in [0.25, 0.3) is 11.3 Å². The number of nitrogens with zero attached hydrogens (tertiary/aromatic N) is 1. The largest absolute Gasteiger partial charge is 0.457 e. The number of amides is 1. The standard InChI is InChI=1S/C19H14Cl2N2O4S/c1-28(25,26)23-19(24)12-2-9-18(27-15-6-3-13(20)4-7-15)16(10-12)17-8-5-14(21)11-22-17/h2-11H,1H3,(H,23,24). The molecule has 0 atom stereocenters. The third kappa shape index (κ3) is 5.22. The molecule has 1 aromatic heterocycles. The molecule has 28 heavy (non-hydrogen) atoms. The fourth-order valence-corrected chi connectivity index (χ4v) is 3.04. The summed E-state index contributed by atoms with van der Waals surface area (Å²) in [4.78, 5) is 16.5. The molecule has 6 nitrogen and oxygen atoms in total. The molecule has 144 valence electrons. The molecule has 9 heteroatoms. The zero-order chi connectivity index (χ0) is 20.3. The van der Waals surface area contributed by atoms with Crippen molar-refractivity contribution < 1.29 is 17.9 Å². The molecule has 0 unspecified atom stereocenters. The van der Waals surface area contributed by atoms with Crippen molar-refractivity contribution in [2.24, 2.45) is 0 Å². The fraction of sp³-hybridized carbons (Fsp3) is 0.0526. The molecule has 0 bridgehead atoms. The highest BCUT2D eigenvalue weighted by molar-refractivity contribution is 7.89. The minimum absolute atomic E-state index is 0.139. The number of carbonyl (C=O) groups is 1. The fourth-order valence-electron chi connectivity index (χ4n) is 2.35. The van der Waals surface area contributed by atoms with Gasteiger partial charge in [0.05, 0.1) is 17.0 Å². The van der Waals surface area contributed by atoms with E-state index in [-0.39, 0.29) is 5.56 Å². The van der Waals surface area contributed by atoms with Crippen LogP contribution >= 0.6 is 23.2 Å². The van der Waals surface area contributed by atoms with Crippen molar-refractivity contribution in [2.75, 3.05) is 6.26 Å². The van der Waals surface area contributed by atoms with Gasteiger partial charge in [0.15, 0.2) is 0 Å². The predicted octanol–water partition coefficient (Wildman–Crippen LogP) is 4.54. The van der Waals surface area contributed by atoms with E-state index in [4.69, 9.17) is 27.9 Å². The Labute approximate surface area is 172 Å². The molecule has 3 aromatic rings. The van der Waals surface area contributed by atoms with E-state index in [0.29, 0.717) is 32.8 Å². The maximum Gasteiger partial charge on any atom is 0.264 e. The Morgan fingerprint density at radius 3 is 2.29 bits per heavy atom. The smallest absolute Gasteiger partial charge is 0.264 e. The van der Waals surface area contributed by atoms with Gasteiger partial charge >= 0.3 is 0 Å². The Bertz CT molecular complexity index is 1120. The van der Waals surface area contributed by atoms with Crippen LogP contribution in [-0.2, 0) is 10.0 Å². The van der Waals surface area contributed by atoms with Crippen LogP contribution in [0, 0.1) is 0 Å². The van der Waals surface area contributed by atoms with E-state index in [0.717, 1.165) is 6.26 Å². The minimum Gasteiger partial charge on any atom is -0.457 e. The van der Waals surface area contributed by atoms with Crippen LogP contribution in [0.2, 0.25) is 10.0 Å². The molecule has 0 aliphatic carbocycles. The first kappa shape index (κ1) is 20.1. The topological polar surface area (TPSA) is 85.4 Å². The maximum atomic E-state index is 12.2. The average Bonchev–Trinajstić information content (AvgIpc) is 2.63. The average molecular weight is 437 g/mol. The van der Waals surface area contributed by atoms with Gasteiger partial charge in [0.2, 0.25) is 10.0 Å². The normalized spacial score (nSPS) is 11.1. The molecule has 1 heterocycles. The number of ether oxygens (including phenoxy) is 1. The Balaban J connectivity index is 2.04. The molecule has 2 aromatic carbocycles. The quantitative estimate of drug-likeness (QED) is 0.634. The second-order valence-corrected chi connectivity index (χ2v) is 8.45. The number of hydrogen-bond acceptors (Lipinski definition) is 5. The number of pyridine rings is 1. The lowest BCUT2D eigenvalue weighted by atomic mass is 10.1. The molecule has 3 rings (SSSR count). The Kier molecular flexibility index (Phi) is 5.88. The van der Waals surface area contributed by atoms with Crippen molar-refractivity contribution in [3.05, 3.63) is 76.4 Å².